The van der Waals surface area contributed by atoms with Crippen LogP contribution in [0.1, 0.15) is 18.0 Å². The summed E-state index contributed by atoms with van der Waals surface area (Å²) in [6.45, 7) is 5.48. The normalized spacial score (nSPS) is 18.3. The van der Waals surface area contributed by atoms with E-state index < -0.39 is 0 Å². The predicted molar refractivity (Wildman–Crippen MR) is 81.5 cm³/mol. The number of hydrogen-bond donors (Lipinski definition) is 2. The van der Waals surface area contributed by atoms with Crippen molar-refractivity contribution in [1.29, 1.82) is 0 Å². The van der Waals surface area contributed by atoms with Gasteiger partial charge in [-0.25, -0.2) is 0 Å². The molecule has 1 unspecified atom stereocenters. The molecule has 0 bridgehead atoms. The Morgan fingerprint density at radius 2 is 2.16 bits per heavy atom. The molecule has 1 aliphatic heterocycles. The SMILES string of the molecule is COc1ccc(C(N)CCN2CCNCC2)cc1Br. The minimum Gasteiger partial charge on any atom is -0.496 e. The van der Waals surface area contributed by atoms with E-state index in [1.807, 2.05) is 12.1 Å². The molecule has 0 aliphatic carbocycles. The average Bonchev–Trinajstić information content (AvgIpc) is 2.45. The van der Waals surface area contributed by atoms with E-state index in [2.05, 4.69) is 32.2 Å². The summed E-state index contributed by atoms with van der Waals surface area (Å²) in [4.78, 5) is 2.47. The number of nitrogens with one attached hydrogen (secondary N) is 1. The quantitative estimate of drug-likeness (QED) is 0.865. The van der Waals surface area contributed by atoms with Crippen LogP contribution in [0, 0.1) is 0 Å². The highest BCUT2D eigenvalue weighted by Gasteiger charge is 2.13. The van der Waals surface area contributed by atoms with Gasteiger partial charge in [-0.2, -0.15) is 0 Å². The fourth-order valence-corrected chi connectivity index (χ4v) is 2.89. The van der Waals surface area contributed by atoms with E-state index in [0.717, 1.165) is 54.9 Å². The molecule has 0 saturated carbocycles. The van der Waals surface area contributed by atoms with Crippen LogP contribution in [0.3, 0.4) is 0 Å². The van der Waals surface area contributed by atoms with Crippen LogP contribution in [0.5, 0.6) is 5.75 Å². The van der Waals surface area contributed by atoms with Gasteiger partial charge < -0.3 is 20.7 Å². The molecule has 1 fully saturated rings. The molecule has 1 saturated heterocycles. The van der Waals surface area contributed by atoms with E-state index in [-0.39, 0.29) is 6.04 Å². The zero-order valence-electron chi connectivity index (χ0n) is 11.4. The maximum Gasteiger partial charge on any atom is 0.133 e. The lowest BCUT2D eigenvalue weighted by atomic mass is 10.0. The summed E-state index contributed by atoms with van der Waals surface area (Å²) in [5, 5.41) is 3.36. The van der Waals surface area contributed by atoms with Gasteiger partial charge in [0.25, 0.3) is 0 Å². The number of rotatable bonds is 5. The summed E-state index contributed by atoms with van der Waals surface area (Å²) in [6.07, 6.45) is 0.985. The van der Waals surface area contributed by atoms with Gasteiger partial charge in [-0.05, 0) is 40.0 Å². The highest BCUT2D eigenvalue weighted by molar-refractivity contribution is 9.10. The number of methoxy groups -OCH3 is 1. The molecule has 0 spiro atoms. The Hall–Kier alpha value is -0.620. The van der Waals surface area contributed by atoms with Crippen molar-refractivity contribution in [1.82, 2.24) is 10.2 Å². The van der Waals surface area contributed by atoms with E-state index in [4.69, 9.17) is 10.5 Å². The number of halogens is 1. The first kappa shape index (κ1) is 14.8. The van der Waals surface area contributed by atoms with Crippen molar-refractivity contribution in [2.45, 2.75) is 12.5 Å². The van der Waals surface area contributed by atoms with Crippen LogP contribution in [-0.4, -0.2) is 44.7 Å². The lowest BCUT2D eigenvalue weighted by molar-refractivity contribution is 0.233. The number of nitrogens with two attached hydrogens (primary N) is 1. The minimum absolute atomic E-state index is 0.0806. The molecule has 1 aromatic carbocycles. The van der Waals surface area contributed by atoms with Crippen molar-refractivity contribution >= 4 is 15.9 Å². The average molecular weight is 328 g/mol. The molecule has 106 valence electrons. The van der Waals surface area contributed by atoms with E-state index in [1.165, 1.54) is 0 Å². The van der Waals surface area contributed by atoms with Gasteiger partial charge in [0.1, 0.15) is 5.75 Å². The fraction of sp³-hybridized carbons (Fsp3) is 0.571. The summed E-state index contributed by atoms with van der Waals surface area (Å²) in [5.41, 5.74) is 7.42. The third kappa shape index (κ3) is 4.18. The van der Waals surface area contributed by atoms with Crippen molar-refractivity contribution in [3.8, 4) is 5.75 Å². The van der Waals surface area contributed by atoms with Gasteiger partial charge in [-0.3, -0.25) is 0 Å². The number of ether oxygens (including phenoxy) is 1. The molecular weight excluding hydrogens is 306 g/mol. The molecule has 0 radical (unpaired) electrons. The van der Waals surface area contributed by atoms with E-state index in [0.29, 0.717) is 0 Å². The molecular formula is C14H22BrN3O. The second kappa shape index (κ2) is 7.24. The van der Waals surface area contributed by atoms with Crippen LogP contribution in [-0.2, 0) is 0 Å². The maximum atomic E-state index is 6.27. The van der Waals surface area contributed by atoms with E-state index in [9.17, 15) is 0 Å². The Bertz CT molecular complexity index is 408. The number of piperazine rings is 1. The molecule has 19 heavy (non-hydrogen) atoms. The molecule has 1 atom stereocenters. The lowest BCUT2D eigenvalue weighted by Crippen LogP contribution is -2.44. The zero-order chi connectivity index (χ0) is 13.7. The van der Waals surface area contributed by atoms with Gasteiger partial charge in [0.15, 0.2) is 0 Å². The van der Waals surface area contributed by atoms with Gasteiger partial charge in [0, 0.05) is 38.8 Å². The molecule has 2 rings (SSSR count). The standard InChI is InChI=1S/C14H22BrN3O/c1-19-14-3-2-11(10-12(14)15)13(16)4-7-18-8-5-17-6-9-18/h2-3,10,13,17H,4-9,16H2,1H3. The van der Waals surface area contributed by atoms with Crippen molar-refractivity contribution in [2.24, 2.45) is 5.73 Å². The van der Waals surface area contributed by atoms with E-state index in [1.54, 1.807) is 7.11 Å². The fourth-order valence-electron chi connectivity index (χ4n) is 2.34. The topological polar surface area (TPSA) is 50.5 Å². The smallest absolute Gasteiger partial charge is 0.133 e. The first-order valence-electron chi connectivity index (χ1n) is 6.73. The van der Waals surface area contributed by atoms with Crippen molar-refractivity contribution < 1.29 is 4.74 Å². The lowest BCUT2D eigenvalue weighted by Gasteiger charge is -2.28. The van der Waals surface area contributed by atoms with Crippen LogP contribution in [0.4, 0.5) is 0 Å². The van der Waals surface area contributed by atoms with Crippen LogP contribution in [0.25, 0.3) is 0 Å². The second-order valence-corrected chi connectivity index (χ2v) is 5.74. The van der Waals surface area contributed by atoms with Crippen LogP contribution in [0.15, 0.2) is 22.7 Å². The summed E-state index contributed by atoms with van der Waals surface area (Å²) < 4.78 is 6.20. The Kier molecular flexibility index (Phi) is 5.63. The second-order valence-electron chi connectivity index (χ2n) is 4.88. The Morgan fingerprint density at radius 3 is 2.79 bits per heavy atom. The van der Waals surface area contributed by atoms with Crippen molar-refractivity contribution in [3.63, 3.8) is 0 Å². The minimum atomic E-state index is 0.0806. The van der Waals surface area contributed by atoms with Crippen molar-refractivity contribution in [2.75, 3.05) is 39.8 Å². The third-order valence-electron chi connectivity index (χ3n) is 3.57. The molecule has 0 aromatic heterocycles. The van der Waals surface area contributed by atoms with Gasteiger partial charge >= 0.3 is 0 Å². The van der Waals surface area contributed by atoms with Gasteiger partial charge in [0.2, 0.25) is 0 Å². The van der Waals surface area contributed by atoms with Gasteiger partial charge in [-0.15, -0.1) is 0 Å². The number of nitrogens with zero attached hydrogens (tertiary/aromatic N) is 1. The van der Waals surface area contributed by atoms with Crippen LogP contribution in [0.2, 0.25) is 0 Å². The number of hydrogen-bond acceptors (Lipinski definition) is 4. The Balaban J connectivity index is 1.88. The predicted octanol–water partition coefficient (Wildman–Crippen LogP) is 1.75. The largest absolute Gasteiger partial charge is 0.496 e. The molecule has 3 N–H and O–H groups in total. The van der Waals surface area contributed by atoms with E-state index >= 15 is 0 Å². The molecule has 4 nitrogen and oxygen atoms in total. The van der Waals surface area contributed by atoms with Gasteiger partial charge in [-0.1, -0.05) is 6.07 Å². The van der Waals surface area contributed by atoms with Crippen molar-refractivity contribution in [3.05, 3.63) is 28.2 Å². The first-order valence-corrected chi connectivity index (χ1v) is 7.52. The highest BCUT2D eigenvalue weighted by Crippen LogP contribution is 2.28. The highest BCUT2D eigenvalue weighted by atomic mass is 79.9. The summed E-state index contributed by atoms with van der Waals surface area (Å²) in [6, 6.07) is 6.15. The molecule has 5 heteroatoms. The Labute approximate surface area is 123 Å². The Morgan fingerprint density at radius 1 is 1.42 bits per heavy atom. The summed E-state index contributed by atoms with van der Waals surface area (Å²) in [7, 11) is 1.67. The third-order valence-corrected chi connectivity index (χ3v) is 4.19. The maximum absolute atomic E-state index is 6.27. The molecule has 1 heterocycles. The summed E-state index contributed by atoms with van der Waals surface area (Å²) in [5.74, 6) is 0.845. The molecule has 1 aliphatic rings. The molecule has 1 aromatic rings. The zero-order valence-corrected chi connectivity index (χ0v) is 12.9. The van der Waals surface area contributed by atoms with Crippen LogP contribution < -0.4 is 15.8 Å². The first-order chi connectivity index (χ1) is 9.20. The monoisotopic (exact) mass is 327 g/mol. The van der Waals surface area contributed by atoms with Crippen LogP contribution >= 0.6 is 15.9 Å². The summed E-state index contributed by atoms with van der Waals surface area (Å²) >= 11 is 3.50. The number of benzene rings is 1. The molecule has 0 amide bonds. The van der Waals surface area contributed by atoms with Gasteiger partial charge in [0.05, 0.1) is 11.6 Å².